The van der Waals surface area contributed by atoms with E-state index in [1.807, 2.05) is 48.5 Å². The van der Waals surface area contributed by atoms with Crippen LogP contribution in [-0.2, 0) is 16.2 Å². The van der Waals surface area contributed by atoms with Crippen molar-refractivity contribution in [2.75, 3.05) is 0 Å². The molecule has 26 rings (SSSR count). The second-order valence-electron chi connectivity index (χ2n) is 37.3. The van der Waals surface area contributed by atoms with E-state index in [1.54, 1.807) is 0 Å². The van der Waals surface area contributed by atoms with E-state index in [9.17, 15) is 0 Å². The number of nitrogens with zero attached hydrogens (tertiary/aromatic N) is 3. The molecule has 3 aliphatic rings. The molecule has 1 N–H and O–H groups in total. The van der Waals surface area contributed by atoms with Gasteiger partial charge in [-0.2, -0.15) is 0 Å². The van der Waals surface area contributed by atoms with Crippen LogP contribution in [0.3, 0.4) is 0 Å². The fourth-order valence-corrected chi connectivity index (χ4v) is 23.4. The molecule has 3 aromatic heterocycles. The highest BCUT2D eigenvalue weighted by Crippen LogP contribution is 2.54. The van der Waals surface area contributed by atoms with Crippen molar-refractivity contribution in [3.8, 4) is 101 Å². The van der Waals surface area contributed by atoms with Crippen molar-refractivity contribution >= 4 is 221 Å². The molecule has 0 amide bonds. The number of para-hydroxylation sites is 6. The van der Waals surface area contributed by atoms with Gasteiger partial charge in [-0.3, -0.25) is 0 Å². The van der Waals surface area contributed by atoms with Crippen molar-refractivity contribution < 1.29 is 9.68 Å². The van der Waals surface area contributed by atoms with Gasteiger partial charge in [0.2, 0.25) is 0 Å². The Kier molecular flexibility index (Phi) is 29.6. The summed E-state index contributed by atoms with van der Waals surface area (Å²) < 4.78 is 21.5. The number of aromatic nitrogens is 3. The minimum absolute atomic E-state index is 0.0409. The quantitative estimate of drug-likeness (QED) is 0.116. The molecule has 3 heterocycles. The Morgan fingerprint density at radius 3 is 0.923 bits per heavy atom. The molecule has 23 aromatic rings. The van der Waals surface area contributed by atoms with Gasteiger partial charge in [0.1, 0.15) is 5.75 Å². The van der Waals surface area contributed by atoms with Crippen LogP contribution in [0.4, 0.5) is 0 Å². The van der Waals surface area contributed by atoms with E-state index in [1.165, 1.54) is 177 Å². The van der Waals surface area contributed by atoms with Gasteiger partial charge >= 0.3 is 7.69 Å². The highest BCUT2D eigenvalue weighted by Gasteiger charge is 2.38. The molecular weight excluding hydrogens is 2410 g/mol. The van der Waals surface area contributed by atoms with Crippen molar-refractivity contribution in [3.05, 3.63) is 527 Å². The predicted molar refractivity (Wildman–Crippen MR) is 648 cm³/mol. The lowest BCUT2D eigenvalue weighted by Crippen LogP contribution is -2.15. The zero-order chi connectivity index (χ0) is 98.8. The van der Waals surface area contributed by atoms with Gasteiger partial charge in [0, 0.05) is 98.7 Å². The van der Waals surface area contributed by atoms with Crippen LogP contribution in [0.5, 0.6) is 5.75 Å². The smallest absolute Gasteiger partial charge is 0.537 e. The van der Waals surface area contributed by atoms with Crippen LogP contribution in [0.2, 0.25) is 0 Å². The average Bonchev–Trinajstić information content (AvgIpc) is 2.22. The molecule has 3 aliphatic carbocycles. The Morgan fingerprint density at radius 2 is 0.476 bits per heavy atom. The number of hydrogen-bond acceptors (Lipinski definition) is 2. The Morgan fingerprint density at radius 1 is 0.210 bits per heavy atom. The Bertz CT molecular complexity index is 8530. The van der Waals surface area contributed by atoms with Gasteiger partial charge in [-0.15, -0.1) is 0 Å². The molecule has 0 aliphatic heterocycles. The number of fused-ring (bicyclic) bond motifs is 18. The van der Waals surface area contributed by atoms with E-state index in [2.05, 4.69) is 615 Å². The summed E-state index contributed by atoms with van der Waals surface area (Å²) in [5, 5.41) is 16.3. The topological polar surface area (TPSA) is 44.2 Å². The molecule has 1 radical (unpaired) electrons. The molecule has 5 nitrogen and oxygen atoms in total. The summed E-state index contributed by atoms with van der Waals surface area (Å²) in [5.41, 5.74) is 37.8. The van der Waals surface area contributed by atoms with Crippen LogP contribution in [-0.4, -0.2) is 26.4 Å². The first kappa shape index (κ1) is 98.6. The fourth-order valence-electron chi connectivity index (χ4n) is 20.4. The molecule has 0 saturated carbocycles. The minimum Gasteiger partial charge on any atom is -0.537 e. The first-order valence-corrected chi connectivity index (χ1v) is 54.6. The highest BCUT2D eigenvalue weighted by atomic mass is 127. The molecule has 0 saturated heterocycles. The number of benzene rings is 20. The summed E-state index contributed by atoms with van der Waals surface area (Å²) in [4.78, 5) is 0. The van der Waals surface area contributed by atoms with Gasteiger partial charge in [-0.05, 0) is 373 Å². The summed E-state index contributed by atoms with van der Waals surface area (Å²) in [6, 6.07) is 163. The lowest BCUT2D eigenvalue weighted by Gasteiger charge is -2.22. The molecule has 697 valence electrons. The third-order valence-electron chi connectivity index (χ3n) is 27.5. The van der Waals surface area contributed by atoms with Crippen LogP contribution in [0.15, 0.2) is 483 Å². The summed E-state index contributed by atoms with van der Waals surface area (Å²) in [5.74, 6) is 0.617. The first-order valence-electron chi connectivity index (χ1n) is 47.4. The fraction of sp³-hybridized carbons (Fsp3) is 0.0698. The Balaban J connectivity index is 0.000000104. The van der Waals surface area contributed by atoms with Crippen LogP contribution >= 0.6 is 147 Å². The number of halogens is 8. The maximum atomic E-state index is 8.84. The van der Waals surface area contributed by atoms with E-state index in [0.29, 0.717) is 13.4 Å². The molecule has 0 spiro atoms. The van der Waals surface area contributed by atoms with Crippen molar-refractivity contribution in [2.24, 2.45) is 0 Å². The van der Waals surface area contributed by atoms with Crippen LogP contribution < -0.4 is 4.65 Å². The molecule has 0 atom stereocenters. The highest BCUT2D eigenvalue weighted by molar-refractivity contribution is 14.1. The average molecular weight is 2510 g/mol. The van der Waals surface area contributed by atoms with Crippen molar-refractivity contribution in [2.45, 2.75) is 57.8 Å². The van der Waals surface area contributed by atoms with Gasteiger partial charge in [-0.25, -0.2) is 0 Å². The number of hydrogen-bond donors (Lipinski definition) is 1. The molecular formula is C129H95BBr5I3N3O2. The maximum Gasteiger partial charge on any atom is 0.569 e. The largest absolute Gasteiger partial charge is 0.569 e. The zero-order valence-corrected chi connectivity index (χ0v) is 93.6. The summed E-state index contributed by atoms with van der Waals surface area (Å²) in [6.07, 6.45) is 0. The minimum atomic E-state index is 0.0409. The SMILES string of the molecule is Brc1ccc(-c2ccc(-c3ccc4c(c3)c3ccccc3n4-c3ccccc3)cc2)cc1.Brc1ccc(-c2ccc(I)cc2)cc1.CC1(C)c2cc(Br)ccc2-c2ccc(-c3ccccc3)cc21.CC1(C)c2cc(Br)ccc2-c2ccc(I)cc21.CC1(C)c2ccccc2-c2ccc(Br)cc21.Ic1ccc2c(c1)c1ccccc1n2-c1ccccc1.O[B]Oc1ccc2c(c1)c1ccccc1n2-c1ccccc1. The monoisotopic (exact) mass is 2500 g/mol. The number of rotatable bonds is 9. The van der Waals surface area contributed by atoms with Gasteiger partial charge in [0.25, 0.3) is 0 Å². The molecule has 0 unspecified atom stereocenters. The molecule has 0 bridgehead atoms. The summed E-state index contributed by atoms with van der Waals surface area (Å²) in [6.45, 7) is 13.8. The van der Waals surface area contributed by atoms with Crippen molar-refractivity contribution in [1.82, 2.24) is 13.7 Å². The van der Waals surface area contributed by atoms with Crippen LogP contribution in [0.1, 0.15) is 74.9 Å². The standard InChI is InChI=1S/C30H20BrN.C21H17Br.C18H13BNO2.C18H12IN.C15H12BrI.C15H13Br.C12H8BrI/c31-25-17-14-22(15-18-25)21-10-12-23(13-11-21)24-16-19-30-28(20-24)27-8-4-5-9-29(27)32(30)26-6-2-1-3-7-26;1-21(2)19-12-15(14-6-4-3-5-7-14)8-10-17(19)18-11-9-16(22)13-20(18)21;21-19-22-14-10-11-18-16(12-14)15-8-4-5-9-17(15)20(18)13-6-2-1-3-7-13;19-13-10-11-18-16(12-13)15-8-4-5-9-17(15)20(18)14-6-2-1-3-7-14;1-15(2)13-7-9(16)3-5-11(13)12-6-4-10(17)8-14(12)15;1-15(2)13-6-4-3-5-11(13)12-8-7-10(16)9-14(12)15;13-11-5-1-9(2-6-11)10-3-7-12(14)8-4-10/h1-20H;3-13H,1-2H3;1-12,21H;1-12H;3-8H,1-2H3;3-9H,1-2H3;1-8H. The van der Waals surface area contributed by atoms with E-state index < -0.39 is 0 Å². The van der Waals surface area contributed by atoms with E-state index in [0.717, 1.165) is 49.9 Å². The maximum absolute atomic E-state index is 8.84. The second-order valence-corrected chi connectivity index (χ2v) is 45.6. The van der Waals surface area contributed by atoms with Gasteiger partial charge in [0.15, 0.2) is 0 Å². The molecule has 14 heteroatoms. The van der Waals surface area contributed by atoms with Crippen LogP contribution in [0.25, 0.3) is 160 Å². The van der Waals surface area contributed by atoms with Gasteiger partial charge in [-0.1, -0.05) is 388 Å². The van der Waals surface area contributed by atoms with E-state index in [4.69, 9.17) is 9.68 Å². The Hall–Kier alpha value is -11.8. The van der Waals surface area contributed by atoms with Crippen molar-refractivity contribution in [1.29, 1.82) is 0 Å². The van der Waals surface area contributed by atoms with E-state index in [-0.39, 0.29) is 16.2 Å². The lowest BCUT2D eigenvalue weighted by molar-refractivity contribution is 0.454. The molecule has 0 fully saturated rings. The second kappa shape index (κ2) is 42.9. The zero-order valence-electron chi connectivity index (χ0n) is 79.2. The predicted octanol–water partition coefficient (Wildman–Crippen LogP) is 39.2. The third-order valence-corrected chi connectivity index (χ3v) is 32.1. The normalized spacial score (nSPS) is 12.6. The van der Waals surface area contributed by atoms with Crippen LogP contribution in [0, 0.1) is 10.7 Å². The molecule has 20 aromatic carbocycles. The van der Waals surface area contributed by atoms with Crippen molar-refractivity contribution in [3.63, 3.8) is 0 Å². The summed E-state index contributed by atoms with van der Waals surface area (Å²) in [7, 11) is 0.706. The van der Waals surface area contributed by atoms with E-state index >= 15 is 0 Å². The third kappa shape index (κ3) is 20.5. The first-order chi connectivity index (χ1) is 69.4. The Labute approximate surface area is 919 Å². The lowest BCUT2D eigenvalue weighted by atomic mass is 9.81. The summed E-state index contributed by atoms with van der Waals surface area (Å²) >= 11 is 24.8. The van der Waals surface area contributed by atoms with Gasteiger partial charge in [0.05, 0.1) is 33.1 Å². The molecule has 143 heavy (non-hydrogen) atoms. The van der Waals surface area contributed by atoms with Gasteiger partial charge < -0.3 is 23.4 Å².